The molecular formula is C17H17ClN2O2S. The number of hydrazine groups is 1. The van der Waals surface area contributed by atoms with Crippen LogP contribution in [0.1, 0.15) is 21.5 Å². The van der Waals surface area contributed by atoms with Crippen LogP contribution in [0.2, 0.25) is 5.02 Å². The summed E-state index contributed by atoms with van der Waals surface area (Å²) in [5.41, 5.74) is 7.43. The Morgan fingerprint density at radius 2 is 1.87 bits per heavy atom. The number of amides is 2. The molecule has 0 spiro atoms. The highest BCUT2D eigenvalue weighted by Crippen LogP contribution is 2.14. The molecule has 4 nitrogen and oxygen atoms in total. The summed E-state index contributed by atoms with van der Waals surface area (Å²) in [6.07, 6.45) is 0. The molecule has 0 atom stereocenters. The van der Waals surface area contributed by atoms with Gasteiger partial charge in [-0.15, -0.1) is 11.8 Å². The summed E-state index contributed by atoms with van der Waals surface area (Å²) in [6, 6.07) is 14.8. The fourth-order valence-corrected chi connectivity index (χ4v) is 2.94. The first kappa shape index (κ1) is 17.4. The molecule has 0 aliphatic carbocycles. The summed E-state index contributed by atoms with van der Waals surface area (Å²) < 4.78 is 0. The van der Waals surface area contributed by atoms with Gasteiger partial charge in [-0.25, -0.2) is 0 Å². The van der Waals surface area contributed by atoms with Gasteiger partial charge in [-0.1, -0.05) is 53.6 Å². The zero-order valence-electron chi connectivity index (χ0n) is 12.6. The molecule has 2 aromatic rings. The molecule has 0 aromatic heterocycles. The largest absolute Gasteiger partial charge is 0.272 e. The molecule has 0 saturated carbocycles. The van der Waals surface area contributed by atoms with Crippen LogP contribution in [0.25, 0.3) is 0 Å². The van der Waals surface area contributed by atoms with Gasteiger partial charge in [0.2, 0.25) is 5.91 Å². The third-order valence-corrected chi connectivity index (χ3v) is 4.35. The standard InChI is InChI=1S/C17H17ClN2O2S/c1-12-5-4-6-13(9-12)10-23-11-16(21)19-20-17(22)14-7-2-3-8-15(14)18/h2-9H,10-11H2,1H3,(H,19,21)(H,20,22). The Bertz CT molecular complexity index is 706. The van der Waals surface area contributed by atoms with Crippen molar-refractivity contribution in [2.75, 3.05) is 5.75 Å². The van der Waals surface area contributed by atoms with Crippen LogP contribution in [0.4, 0.5) is 0 Å². The first-order chi connectivity index (χ1) is 11.1. The second-order valence-electron chi connectivity index (χ2n) is 4.96. The van der Waals surface area contributed by atoms with E-state index in [4.69, 9.17) is 11.6 Å². The molecule has 6 heteroatoms. The average Bonchev–Trinajstić information content (AvgIpc) is 2.53. The normalized spacial score (nSPS) is 10.2. The lowest BCUT2D eigenvalue weighted by molar-refractivity contribution is -0.119. The van der Waals surface area contributed by atoms with Crippen molar-refractivity contribution in [3.63, 3.8) is 0 Å². The molecule has 0 radical (unpaired) electrons. The Balaban J connectivity index is 1.73. The molecule has 0 fully saturated rings. The Morgan fingerprint density at radius 3 is 2.61 bits per heavy atom. The number of nitrogens with one attached hydrogen (secondary N) is 2. The molecule has 2 rings (SSSR count). The van der Waals surface area contributed by atoms with Gasteiger partial charge in [0.1, 0.15) is 0 Å². The summed E-state index contributed by atoms with van der Waals surface area (Å²) in [6.45, 7) is 2.03. The van der Waals surface area contributed by atoms with Crippen molar-refractivity contribution in [3.05, 3.63) is 70.2 Å². The van der Waals surface area contributed by atoms with Crippen LogP contribution in [-0.2, 0) is 10.5 Å². The van der Waals surface area contributed by atoms with E-state index in [9.17, 15) is 9.59 Å². The van der Waals surface area contributed by atoms with Crippen LogP contribution in [0.5, 0.6) is 0 Å². The van der Waals surface area contributed by atoms with Gasteiger partial charge < -0.3 is 0 Å². The number of carbonyl (C=O) groups excluding carboxylic acids is 2. The summed E-state index contributed by atoms with van der Waals surface area (Å²) >= 11 is 7.41. The lowest BCUT2D eigenvalue weighted by atomic mass is 10.2. The van der Waals surface area contributed by atoms with Crippen molar-refractivity contribution in [1.82, 2.24) is 10.9 Å². The van der Waals surface area contributed by atoms with Crippen LogP contribution in [0.15, 0.2) is 48.5 Å². The third-order valence-electron chi connectivity index (χ3n) is 3.02. The maximum atomic E-state index is 11.9. The zero-order chi connectivity index (χ0) is 16.7. The molecule has 2 amide bonds. The number of hydrogen-bond donors (Lipinski definition) is 2. The predicted molar refractivity (Wildman–Crippen MR) is 94.4 cm³/mol. The highest BCUT2D eigenvalue weighted by Gasteiger charge is 2.10. The van der Waals surface area contributed by atoms with Crippen LogP contribution < -0.4 is 10.9 Å². The second-order valence-corrected chi connectivity index (χ2v) is 6.36. The number of rotatable bonds is 5. The first-order valence-electron chi connectivity index (χ1n) is 7.03. The number of benzene rings is 2. The molecule has 0 aliphatic heterocycles. The number of hydrogen-bond acceptors (Lipinski definition) is 3. The molecule has 0 bridgehead atoms. The number of carbonyl (C=O) groups is 2. The molecule has 2 N–H and O–H groups in total. The topological polar surface area (TPSA) is 58.2 Å². The van der Waals surface area contributed by atoms with Crippen LogP contribution >= 0.6 is 23.4 Å². The van der Waals surface area contributed by atoms with Gasteiger partial charge >= 0.3 is 0 Å². The molecule has 0 heterocycles. The molecule has 23 heavy (non-hydrogen) atoms. The molecular weight excluding hydrogens is 332 g/mol. The van der Waals surface area contributed by atoms with Gasteiger partial charge in [-0.05, 0) is 24.6 Å². The Hall–Kier alpha value is -1.98. The van der Waals surface area contributed by atoms with Crippen molar-refractivity contribution in [2.24, 2.45) is 0 Å². The zero-order valence-corrected chi connectivity index (χ0v) is 14.2. The Kier molecular flexibility index (Phi) is 6.50. The fourth-order valence-electron chi connectivity index (χ4n) is 1.94. The number of halogens is 1. The first-order valence-corrected chi connectivity index (χ1v) is 8.56. The van der Waals surface area contributed by atoms with Crippen molar-refractivity contribution in [1.29, 1.82) is 0 Å². The van der Waals surface area contributed by atoms with Gasteiger partial charge in [-0.2, -0.15) is 0 Å². The highest BCUT2D eigenvalue weighted by molar-refractivity contribution is 7.99. The molecule has 0 unspecified atom stereocenters. The third kappa shape index (κ3) is 5.62. The summed E-state index contributed by atoms with van der Waals surface area (Å²) in [5, 5.41) is 0.341. The van der Waals surface area contributed by atoms with Crippen molar-refractivity contribution in [3.8, 4) is 0 Å². The maximum Gasteiger partial charge on any atom is 0.271 e. The maximum absolute atomic E-state index is 11.9. The SMILES string of the molecule is Cc1cccc(CSCC(=O)NNC(=O)c2ccccc2Cl)c1. The quantitative estimate of drug-likeness (QED) is 0.815. The monoisotopic (exact) mass is 348 g/mol. The van der Waals surface area contributed by atoms with Gasteiger partial charge in [-0.3, -0.25) is 20.4 Å². The smallest absolute Gasteiger partial charge is 0.271 e. The Labute approximate surface area is 144 Å². The van der Waals surface area contributed by atoms with E-state index in [1.165, 1.54) is 22.9 Å². The van der Waals surface area contributed by atoms with E-state index >= 15 is 0 Å². The molecule has 0 aliphatic rings. The minimum Gasteiger partial charge on any atom is -0.272 e. The van der Waals surface area contributed by atoms with Crippen LogP contribution in [-0.4, -0.2) is 17.6 Å². The van der Waals surface area contributed by atoms with E-state index in [1.54, 1.807) is 24.3 Å². The number of aryl methyl sites for hydroxylation is 1. The van der Waals surface area contributed by atoms with Gasteiger partial charge in [0.25, 0.3) is 5.91 Å². The lowest BCUT2D eigenvalue weighted by Gasteiger charge is -2.08. The summed E-state index contributed by atoms with van der Waals surface area (Å²) in [7, 11) is 0. The Morgan fingerprint density at radius 1 is 1.09 bits per heavy atom. The minimum absolute atomic E-state index is 0.261. The minimum atomic E-state index is -0.437. The van der Waals surface area contributed by atoms with Gasteiger partial charge in [0.05, 0.1) is 16.3 Å². The fraction of sp³-hybridized carbons (Fsp3) is 0.176. The van der Waals surface area contributed by atoms with Crippen molar-refractivity contribution < 1.29 is 9.59 Å². The van der Waals surface area contributed by atoms with Gasteiger partial charge in [0, 0.05) is 5.75 Å². The van der Waals surface area contributed by atoms with Crippen LogP contribution in [0.3, 0.4) is 0 Å². The van der Waals surface area contributed by atoms with E-state index < -0.39 is 5.91 Å². The summed E-state index contributed by atoms with van der Waals surface area (Å²) in [5.74, 6) is 0.306. The second kappa shape index (κ2) is 8.60. The van der Waals surface area contributed by atoms with E-state index in [1.807, 2.05) is 25.1 Å². The van der Waals surface area contributed by atoms with Crippen LogP contribution in [0, 0.1) is 6.92 Å². The molecule has 120 valence electrons. The highest BCUT2D eigenvalue weighted by atomic mass is 35.5. The lowest BCUT2D eigenvalue weighted by Crippen LogP contribution is -2.42. The van der Waals surface area contributed by atoms with E-state index in [2.05, 4.69) is 16.9 Å². The van der Waals surface area contributed by atoms with E-state index in [0.29, 0.717) is 10.6 Å². The molecule has 2 aromatic carbocycles. The van der Waals surface area contributed by atoms with Crippen molar-refractivity contribution >= 4 is 35.2 Å². The van der Waals surface area contributed by atoms with E-state index in [-0.39, 0.29) is 11.7 Å². The van der Waals surface area contributed by atoms with Crippen molar-refractivity contribution in [2.45, 2.75) is 12.7 Å². The molecule has 0 saturated heterocycles. The number of thioether (sulfide) groups is 1. The van der Waals surface area contributed by atoms with Gasteiger partial charge in [0.15, 0.2) is 0 Å². The average molecular weight is 349 g/mol. The summed E-state index contributed by atoms with van der Waals surface area (Å²) in [4.78, 5) is 23.6. The van der Waals surface area contributed by atoms with E-state index in [0.717, 1.165) is 5.75 Å². The predicted octanol–water partition coefficient (Wildman–Crippen LogP) is 3.34.